The third-order valence-electron chi connectivity index (χ3n) is 6.44. The summed E-state index contributed by atoms with van der Waals surface area (Å²) >= 11 is 0. The third kappa shape index (κ3) is 6.86. The van der Waals surface area contributed by atoms with Crippen LogP contribution in [0, 0.1) is 5.92 Å². The maximum absolute atomic E-state index is 13.4. The molecule has 1 N–H and O–H groups in total. The minimum absolute atomic E-state index is 0.0555. The van der Waals surface area contributed by atoms with Crippen LogP contribution in [-0.2, 0) is 16.2 Å². The second-order valence-electron chi connectivity index (χ2n) is 10.4. The van der Waals surface area contributed by atoms with Gasteiger partial charge in [-0.1, -0.05) is 68.4 Å². The van der Waals surface area contributed by atoms with Crippen LogP contribution < -0.4 is 9.47 Å². The highest BCUT2D eigenvalue weighted by atomic mass is 16.5. The zero-order chi connectivity index (χ0) is 27.9. The summed E-state index contributed by atoms with van der Waals surface area (Å²) in [6, 6.07) is 23.4. The number of hydrogen-bond acceptors (Lipinski definition) is 6. The molecule has 0 saturated carbocycles. The Hall–Kier alpha value is -4.10. The lowest BCUT2D eigenvalue weighted by atomic mass is 9.95. The van der Waals surface area contributed by atoms with Gasteiger partial charge in [0.25, 0.3) is 11.7 Å². The summed E-state index contributed by atoms with van der Waals surface area (Å²) < 4.78 is 11.9. The lowest BCUT2D eigenvalue weighted by Crippen LogP contribution is -2.35. The summed E-state index contributed by atoms with van der Waals surface area (Å²) in [6.45, 7) is 5.90. The standard InChI is InChI=1S/C32H36N2O5/c1-22(2)20-38-27-15-9-13-25(19-27)30(35)28-29(34(17-16-33(3)4)32(37)31(28)36)24-12-8-14-26(18-24)39-21-23-10-6-5-7-11-23/h5-15,18-19,22,29,35H,16-17,20-21H2,1-4H3/b30-28-. The first-order valence-electron chi connectivity index (χ1n) is 13.2. The summed E-state index contributed by atoms with van der Waals surface area (Å²) in [5, 5.41) is 11.4. The monoisotopic (exact) mass is 528 g/mol. The van der Waals surface area contributed by atoms with Gasteiger partial charge in [-0.15, -0.1) is 0 Å². The number of nitrogens with zero attached hydrogens (tertiary/aromatic N) is 2. The van der Waals surface area contributed by atoms with E-state index in [4.69, 9.17) is 9.47 Å². The number of hydrogen-bond donors (Lipinski definition) is 1. The van der Waals surface area contributed by atoms with Crippen molar-refractivity contribution in [3.05, 3.63) is 101 Å². The highest BCUT2D eigenvalue weighted by Crippen LogP contribution is 2.40. The van der Waals surface area contributed by atoms with Crippen molar-refractivity contribution in [3.63, 3.8) is 0 Å². The molecule has 39 heavy (non-hydrogen) atoms. The smallest absolute Gasteiger partial charge is 0.295 e. The van der Waals surface area contributed by atoms with E-state index in [1.54, 1.807) is 24.3 Å². The summed E-state index contributed by atoms with van der Waals surface area (Å²) in [6.07, 6.45) is 0. The van der Waals surface area contributed by atoms with Crippen molar-refractivity contribution in [2.75, 3.05) is 33.8 Å². The molecule has 0 radical (unpaired) electrons. The molecule has 0 aromatic heterocycles. The topological polar surface area (TPSA) is 79.3 Å². The van der Waals surface area contributed by atoms with E-state index in [1.165, 1.54) is 4.90 Å². The van der Waals surface area contributed by atoms with Crippen LogP contribution in [0.5, 0.6) is 11.5 Å². The number of ether oxygens (including phenoxy) is 2. The van der Waals surface area contributed by atoms with Gasteiger partial charge in [0.05, 0.1) is 18.2 Å². The maximum Gasteiger partial charge on any atom is 0.295 e. The molecule has 3 aromatic rings. The maximum atomic E-state index is 13.4. The van der Waals surface area contributed by atoms with Crippen LogP contribution >= 0.6 is 0 Å². The highest BCUT2D eigenvalue weighted by Gasteiger charge is 2.46. The van der Waals surface area contributed by atoms with Gasteiger partial charge in [0.2, 0.25) is 0 Å². The lowest BCUT2D eigenvalue weighted by Gasteiger charge is -2.27. The number of aliphatic hydroxyl groups is 1. The van der Waals surface area contributed by atoms with Crippen molar-refractivity contribution in [1.82, 2.24) is 9.80 Å². The van der Waals surface area contributed by atoms with Gasteiger partial charge >= 0.3 is 0 Å². The molecule has 1 amide bonds. The number of benzene rings is 3. The van der Waals surface area contributed by atoms with E-state index in [0.717, 1.165) is 5.56 Å². The van der Waals surface area contributed by atoms with Gasteiger partial charge in [-0.25, -0.2) is 0 Å². The SMILES string of the molecule is CC(C)COc1cccc(/C(O)=C2/C(=O)C(=O)N(CCN(C)C)C2c2cccc(OCc3ccccc3)c2)c1. The highest BCUT2D eigenvalue weighted by molar-refractivity contribution is 6.46. The fourth-order valence-corrected chi connectivity index (χ4v) is 4.43. The normalized spacial score (nSPS) is 16.8. The second-order valence-corrected chi connectivity index (χ2v) is 10.4. The first-order valence-corrected chi connectivity index (χ1v) is 13.2. The number of carbonyl (C=O) groups is 2. The third-order valence-corrected chi connectivity index (χ3v) is 6.44. The molecular formula is C32H36N2O5. The molecule has 1 heterocycles. The van der Waals surface area contributed by atoms with E-state index in [0.29, 0.717) is 54.8 Å². The number of Topliss-reactive ketones (excluding diaryl/α,β-unsaturated/α-hetero) is 1. The molecule has 1 aliphatic heterocycles. The van der Waals surface area contributed by atoms with Gasteiger partial charge in [0.1, 0.15) is 23.9 Å². The average molecular weight is 529 g/mol. The van der Waals surface area contributed by atoms with E-state index in [2.05, 4.69) is 13.8 Å². The van der Waals surface area contributed by atoms with Crippen LogP contribution in [0.1, 0.15) is 36.6 Å². The summed E-state index contributed by atoms with van der Waals surface area (Å²) in [5.41, 5.74) is 2.19. The minimum Gasteiger partial charge on any atom is -0.507 e. The number of aliphatic hydroxyl groups excluding tert-OH is 1. The molecule has 1 aliphatic rings. The van der Waals surface area contributed by atoms with Gasteiger partial charge in [-0.2, -0.15) is 0 Å². The predicted octanol–water partition coefficient (Wildman–Crippen LogP) is 5.28. The molecule has 7 heteroatoms. The van der Waals surface area contributed by atoms with E-state index in [1.807, 2.05) is 73.6 Å². The molecule has 204 valence electrons. The van der Waals surface area contributed by atoms with E-state index < -0.39 is 17.7 Å². The Morgan fingerprint density at radius 2 is 1.62 bits per heavy atom. The molecule has 1 atom stereocenters. The molecular weight excluding hydrogens is 492 g/mol. The second kappa shape index (κ2) is 12.6. The van der Waals surface area contributed by atoms with Crippen molar-refractivity contribution in [2.45, 2.75) is 26.5 Å². The molecule has 1 saturated heterocycles. The Bertz CT molecular complexity index is 1330. The van der Waals surface area contributed by atoms with Crippen LogP contribution in [-0.4, -0.2) is 60.4 Å². The molecule has 0 bridgehead atoms. The van der Waals surface area contributed by atoms with Crippen molar-refractivity contribution >= 4 is 17.4 Å². The summed E-state index contributed by atoms with van der Waals surface area (Å²) in [4.78, 5) is 30.1. The molecule has 4 rings (SSSR count). The minimum atomic E-state index is -0.759. The zero-order valence-electron chi connectivity index (χ0n) is 23.0. The largest absolute Gasteiger partial charge is 0.507 e. The number of likely N-dealkylation sites (N-methyl/N-ethyl adjacent to an activating group) is 1. The van der Waals surface area contributed by atoms with Crippen molar-refractivity contribution in [2.24, 2.45) is 5.92 Å². The molecule has 0 aliphatic carbocycles. The Balaban J connectivity index is 1.72. The van der Waals surface area contributed by atoms with Crippen LogP contribution in [0.3, 0.4) is 0 Å². The average Bonchev–Trinajstić information content (AvgIpc) is 3.19. The van der Waals surface area contributed by atoms with Crippen molar-refractivity contribution in [3.8, 4) is 11.5 Å². The molecule has 1 unspecified atom stereocenters. The summed E-state index contributed by atoms with van der Waals surface area (Å²) in [5.74, 6) is -0.0374. The Labute approximate surface area is 230 Å². The quantitative estimate of drug-likeness (QED) is 0.207. The van der Waals surface area contributed by atoms with Gasteiger partial charge in [-0.3, -0.25) is 9.59 Å². The van der Waals surface area contributed by atoms with Crippen molar-refractivity contribution in [1.29, 1.82) is 0 Å². The predicted molar refractivity (Wildman–Crippen MR) is 152 cm³/mol. The first-order chi connectivity index (χ1) is 18.7. The van der Waals surface area contributed by atoms with Crippen LogP contribution in [0.25, 0.3) is 5.76 Å². The fraction of sp³-hybridized carbons (Fsp3) is 0.312. The molecule has 1 fully saturated rings. The van der Waals surface area contributed by atoms with E-state index in [9.17, 15) is 14.7 Å². The fourth-order valence-electron chi connectivity index (χ4n) is 4.43. The van der Waals surface area contributed by atoms with Crippen LogP contribution in [0.15, 0.2) is 84.4 Å². The Morgan fingerprint density at radius 1 is 0.923 bits per heavy atom. The zero-order valence-corrected chi connectivity index (χ0v) is 23.0. The molecule has 3 aromatic carbocycles. The van der Waals surface area contributed by atoms with Gasteiger partial charge in [-0.05, 0) is 55.4 Å². The Morgan fingerprint density at radius 3 is 2.31 bits per heavy atom. The Kier molecular flexibility index (Phi) is 9.04. The number of ketones is 1. The summed E-state index contributed by atoms with van der Waals surface area (Å²) in [7, 11) is 3.82. The van der Waals surface area contributed by atoms with Crippen LogP contribution in [0.2, 0.25) is 0 Å². The number of likely N-dealkylation sites (tertiary alicyclic amines) is 1. The van der Waals surface area contributed by atoms with E-state index in [-0.39, 0.29) is 11.3 Å². The number of rotatable bonds is 11. The van der Waals surface area contributed by atoms with Crippen LogP contribution in [0.4, 0.5) is 0 Å². The van der Waals surface area contributed by atoms with Gasteiger partial charge < -0.3 is 24.4 Å². The lowest BCUT2D eigenvalue weighted by molar-refractivity contribution is -0.140. The van der Waals surface area contributed by atoms with Crippen molar-refractivity contribution < 1.29 is 24.2 Å². The molecule has 7 nitrogen and oxygen atoms in total. The number of amides is 1. The molecule has 0 spiro atoms. The first kappa shape index (κ1) is 27.9. The number of carbonyl (C=O) groups excluding carboxylic acids is 2. The van der Waals surface area contributed by atoms with Gasteiger partial charge in [0.15, 0.2) is 0 Å². The van der Waals surface area contributed by atoms with E-state index >= 15 is 0 Å². The van der Waals surface area contributed by atoms with Gasteiger partial charge in [0, 0.05) is 18.7 Å².